The van der Waals surface area contributed by atoms with Crippen LogP contribution in [0.3, 0.4) is 0 Å². The van der Waals surface area contributed by atoms with Gasteiger partial charge < -0.3 is 5.73 Å². The topological polar surface area (TPSA) is 79.8 Å². The molecule has 0 atom stereocenters. The minimum Gasteiger partial charge on any atom is -0.366 e. The second-order valence-corrected chi connectivity index (χ2v) is 2.69. The molecule has 4 nitrogen and oxygen atoms in total. The molecule has 0 spiro atoms. The number of pyridine rings is 1. The first-order valence-electron chi connectivity index (χ1n) is 3.06. The van der Waals surface area contributed by atoms with Crippen molar-refractivity contribution in [2.45, 2.75) is 5.03 Å². The van der Waals surface area contributed by atoms with E-state index in [9.17, 15) is 4.79 Å². The van der Waals surface area contributed by atoms with Crippen LogP contribution in [0.4, 0.5) is 0 Å². The summed E-state index contributed by atoms with van der Waals surface area (Å²) in [4.78, 5) is 14.6. The van der Waals surface area contributed by atoms with E-state index in [0.717, 1.165) is 11.8 Å². The summed E-state index contributed by atoms with van der Waals surface area (Å²) >= 11 is 0.824. The molecule has 0 saturated heterocycles. The minimum atomic E-state index is -0.569. The molecule has 0 saturated carbocycles. The Labute approximate surface area is 73.4 Å². The molecule has 2 N–H and O–H groups in total. The summed E-state index contributed by atoms with van der Waals surface area (Å²) < 4.78 is 0. The van der Waals surface area contributed by atoms with E-state index in [4.69, 9.17) is 11.0 Å². The lowest BCUT2D eigenvalue weighted by molar-refractivity contribution is 0.0997. The van der Waals surface area contributed by atoms with Gasteiger partial charge in [-0.3, -0.25) is 4.79 Å². The third kappa shape index (κ3) is 1.74. The average Bonchev–Trinajstić information content (AvgIpc) is 2.05. The average molecular weight is 179 g/mol. The van der Waals surface area contributed by atoms with Gasteiger partial charge in [-0.1, -0.05) is 0 Å². The number of thiocyanates is 1. The van der Waals surface area contributed by atoms with Crippen LogP contribution in [0.1, 0.15) is 10.4 Å². The molecule has 0 aromatic carbocycles. The first-order chi connectivity index (χ1) is 5.75. The van der Waals surface area contributed by atoms with Crippen LogP contribution in [0.15, 0.2) is 23.4 Å². The number of hydrogen-bond donors (Lipinski definition) is 1. The number of rotatable bonds is 2. The van der Waals surface area contributed by atoms with E-state index in [1.807, 2.05) is 5.40 Å². The largest absolute Gasteiger partial charge is 0.366 e. The summed E-state index contributed by atoms with van der Waals surface area (Å²) in [5, 5.41) is 10.5. The highest BCUT2D eigenvalue weighted by Gasteiger charge is 2.07. The Morgan fingerprint density at radius 1 is 1.75 bits per heavy atom. The summed E-state index contributed by atoms with van der Waals surface area (Å²) in [6, 6.07) is 3.14. The van der Waals surface area contributed by atoms with Crippen LogP contribution in [-0.4, -0.2) is 10.9 Å². The van der Waals surface area contributed by atoms with E-state index in [0.29, 0.717) is 5.03 Å². The number of amides is 1. The molecule has 1 amide bonds. The van der Waals surface area contributed by atoms with Gasteiger partial charge in [0.1, 0.15) is 10.4 Å². The molecule has 0 bridgehead atoms. The van der Waals surface area contributed by atoms with Crippen molar-refractivity contribution in [1.82, 2.24) is 4.98 Å². The van der Waals surface area contributed by atoms with E-state index in [1.165, 1.54) is 12.3 Å². The maximum Gasteiger partial charge on any atom is 0.251 e. The fourth-order valence-corrected chi connectivity index (χ4v) is 1.18. The monoisotopic (exact) mass is 179 g/mol. The summed E-state index contributed by atoms with van der Waals surface area (Å²) in [5.41, 5.74) is 5.32. The molecule has 12 heavy (non-hydrogen) atoms. The van der Waals surface area contributed by atoms with Crippen molar-refractivity contribution in [3.8, 4) is 5.40 Å². The highest BCUT2D eigenvalue weighted by molar-refractivity contribution is 8.03. The highest BCUT2D eigenvalue weighted by Crippen LogP contribution is 2.17. The van der Waals surface area contributed by atoms with Crippen molar-refractivity contribution in [2.24, 2.45) is 5.73 Å². The lowest BCUT2D eigenvalue weighted by atomic mass is 10.3. The second-order valence-electron chi connectivity index (χ2n) is 1.91. The number of nitrogens with two attached hydrogens (primary N) is 1. The highest BCUT2D eigenvalue weighted by atomic mass is 32.2. The zero-order chi connectivity index (χ0) is 8.97. The number of nitrogens with zero attached hydrogens (tertiary/aromatic N) is 2. The van der Waals surface area contributed by atoms with Gasteiger partial charge in [0.2, 0.25) is 0 Å². The third-order valence-corrected chi connectivity index (χ3v) is 1.79. The van der Waals surface area contributed by atoms with Crippen molar-refractivity contribution in [2.75, 3.05) is 0 Å². The van der Waals surface area contributed by atoms with Crippen LogP contribution in [0.25, 0.3) is 0 Å². The minimum absolute atomic E-state index is 0.282. The Morgan fingerprint density at radius 3 is 3.08 bits per heavy atom. The van der Waals surface area contributed by atoms with Gasteiger partial charge in [-0.25, -0.2) is 4.98 Å². The van der Waals surface area contributed by atoms with E-state index >= 15 is 0 Å². The standard InChI is InChI=1S/C7H5N3OS/c8-4-12-7-5(6(9)11)2-1-3-10-7/h1-3H,(H2,9,11). The van der Waals surface area contributed by atoms with Crippen molar-refractivity contribution < 1.29 is 4.79 Å². The summed E-state index contributed by atoms with van der Waals surface area (Å²) in [6.07, 6.45) is 1.51. The molecular weight excluding hydrogens is 174 g/mol. The summed E-state index contributed by atoms with van der Waals surface area (Å²) in [5.74, 6) is -0.569. The molecule has 0 unspecified atom stereocenters. The van der Waals surface area contributed by atoms with Crippen LogP contribution in [0.5, 0.6) is 0 Å². The van der Waals surface area contributed by atoms with Crippen molar-refractivity contribution >= 4 is 17.7 Å². The lowest BCUT2D eigenvalue weighted by Gasteiger charge is -1.97. The van der Waals surface area contributed by atoms with E-state index in [-0.39, 0.29) is 5.56 Å². The predicted octanol–water partition coefficient (Wildman–Crippen LogP) is 0.754. The normalized spacial score (nSPS) is 8.92. The molecular formula is C7H5N3OS. The molecule has 0 fully saturated rings. The first kappa shape index (κ1) is 8.56. The van der Waals surface area contributed by atoms with Crippen LogP contribution in [0.2, 0.25) is 0 Å². The van der Waals surface area contributed by atoms with Crippen LogP contribution in [-0.2, 0) is 0 Å². The van der Waals surface area contributed by atoms with E-state index in [2.05, 4.69) is 4.98 Å². The number of thioether (sulfide) groups is 1. The SMILES string of the molecule is N#CSc1ncccc1C(N)=O. The lowest BCUT2D eigenvalue weighted by Crippen LogP contribution is -2.12. The Balaban J connectivity index is 3.10. The second kappa shape index (κ2) is 3.74. The third-order valence-electron chi connectivity index (χ3n) is 1.18. The van der Waals surface area contributed by atoms with Gasteiger partial charge in [-0.2, -0.15) is 5.26 Å². The first-order valence-corrected chi connectivity index (χ1v) is 3.88. The van der Waals surface area contributed by atoms with Crippen molar-refractivity contribution in [1.29, 1.82) is 5.26 Å². The van der Waals surface area contributed by atoms with Gasteiger partial charge in [0, 0.05) is 18.0 Å². The van der Waals surface area contributed by atoms with Gasteiger partial charge in [0.25, 0.3) is 5.91 Å². The molecule has 5 heteroatoms. The number of nitriles is 1. The van der Waals surface area contributed by atoms with Crippen LogP contribution < -0.4 is 5.73 Å². The van der Waals surface area contributed by atoms with E-state index in [1.54, 1.807) is 6.07 Å². The van der Waals surface area contributed by atoms with Gasteiger partial charge in [-0.15, -0.1) is 0 Å². The molecule has 1 heterocycles. The fraction of sp³-hybridized carbons (Fsp3) is 0. The fourth-order valence-electron chi connectivity index (χ4n) is 0.703. The summed E-state index contributed by atoms with van der Waals surface area (Å²) in [6.45, 7) is 0. The molecule has 60 valence electrons. The molecule has 1 rings (SSSR count). The number of hydrogen-bond acceptors (Lipinski definition) is 4. The Kier molecular flexibility index (Phi) is 2.66. The molecule has 0 aliphatic carbocycles. The molecule has 1 aromatic rings. The molecule has 0 radical (unpaired) electrons. The van der Waals surface area contributed by atoms with E-state index < -0.39 is 5.91 Å². The Morgan fingerprint density at radius 2 is 2.50 bits per heavy atom. The molecule has 0 aliphatic rings. The molecule has 0 aliphatic heterocycles. The number of carbonyl (C=O) groups excluding carboxylic acids is 1. The quantitative estimate of drug-likeness (QED) is 0.536. The van der Waals surface area contributed by atoms with Gasteiger partial charge in [0.05, 0.1) is 5.56 Å². The Bertz CT molecular complexity index is 345. The number of carbonyl (C=O) groups is 1. The Hall–Kier alpha value is -1.54. The number of primary amides is 1. The van der Waals surface area contributed by atoms with Gasteiger partial charge in [-0.05, 0) is 12.1 Å². The van der Waals surface area contributed by atoms with Crippen molar-refractivity contribution in [3.63, 3.8) is 0 Å². The molecule has 1 aromatic heterocycles. The predicted molar refractivity (Wildman–Crippen MR) is 44.2 cm³/mol. The summed E-state index contributed by atoms with van der Waals surface area (Å²) in [7, 11) is 0. The van der Waals surface area contributed by atoms with Crippen molar-refractivity contribution in [3.05, 3.63) is 23.9 Å². The smallest absolute Gasteiger partial charge is 0.251 e. The zero-order valence-corrected chi connectivity index (χ0v) is 6.84. The number of aromatic nitrogens is 1. The van der Waals surface area contributed by atoms with Gasteiger partial charge >= 0.3 is 0 Å². The maximum absolute atomic E-state index is 10.8. The zero-order valence-electron chi connectivity index (χ0n) is 6.02. The van der Waals surface area contributed by atoms with Crippen LogP contribution in [0, 0.1) is 10.7 Å². The maximum atomic E-state index is 10.8. The van der Waals surface area contributed by atoms with Crippen LogP contribution >= 0.6 is 11.8 Å². The van der Waals surface area contributed by atoms with Gasteiger partial charge in [0.15, 0.2) is 0 Å².